The lowest BCUT2D eigenvalue weighted by Gasteiger charge is -2.33. The fraction of sp³-hybridized carbons (Fsp3) is 0.588. The Balaban J connectivity index is 2.25. The molecule has 116 valence electrons. The summed E-state index contributed by atoms with van der Waals surface area (Å²) in [5.74, 6) is 0.742. The van der Waals surface area contributed by atoms with Gasteiger partial charge in [-0.15, -0.1) is 0 Å². The zero-order valence-corrected chi connectivity index (χ0v) is 13.8. The van der Waals surface area contributed by atoms with Gasteiger partial charge >= 0.3 is 0 Å². The normalized spacial score (nSPS) is 16.9. The summed E-state index contributed by atoms with van der Waals surface area (Å²) in [7, 11) is 3.71. The summed E-state index contributed by atoms with van der Waals surface area (Å²) in [6, 6.07) is 5.93. The van der Waals surface area contributed by atoms with E-state index in [0.29, 0.717) is 11.3 Å². The van der Waals surface area contributed by atoms with Gasteiger partial charge in [0.25, 0.3) is 5.91 Å². The van der Waals surface area contributed by atoms with Crippen LogP contribution in [0, 0.1) is 0 Å². The van der Waals surface area contributed by atoms with Crippen molar-refractivity contribution in [3.05, 3.63) is 29.3 Å². The standard InChI is InChI=1S/C17H26N2O2/c1-17(2,3)13-6-7-14(15(12-13)21-5)16(20)19-10-8-18(4)9-11-19/h6-7,12H,8-11H2,1-5H3. The molecule has 1 aromatic carbocycles. The number of ether oxygens (including phenoxy) is 1. The summed E-state index contributed by atoms with van der Waals surface area (Å²) < 4.78 is 5.46. The lowest BCUT2D eigenvalue weighted by molar-refractivity contribution is 0.0660. The third-order valence-corrected chi connectivity index (χ3v) is 4.09. The SMILES string of the molecule is COc1cc(C(C)(C)C)ccc1C(=O)N1CCN(C)CC1. The third kappa shape index (κ3) is 3.56. The molecule has 0 spiro atoms. The molecular weight excluding hydrogens is 264 g/mol. The van der Waals surface area contributed by atoms with E-state index in [1.807, 2.05) is 23.1 Å². The zero-order chi connectivity index (χ0) is 15.6. The molecule has 0 atom stereocenters. The monoisotopic (exact) mass is 290 g/mol. The van der Waals surface area contributed by atoms with Gasteiger partial charge in [-0.3, -0.25) is 4.79 Å². The molecule has 1 aromatic rings. The first-order chi connectivity index (χ1) is 9.82. The number of rotatable bonds is 2. The summed E-state index contributed by atoms with van der Waals surface area (Å²) in [5.41, 5.74) is 1.88. The van der Waals surface area contributed by atoms with E-state index in [9.17, 15) is 4.79 Å². The molecule has 2 rings (SSSR count). The molecular formula is C17H26N2O2. The van der Waals surface area contributed by atoms with Crippen LogP contribution in [0.5, 0.6) is 5.75 Å². The van der Waals surface area contributed by atoms with Gasteiger partial charge in [-0.25, -0.2) is 0 Å². The van der Waals surface area contributed by atoms with Crippen LogP contribution >= 0.6 is 0 Å². The average molecular weight is 290 g/mol. The number of piperazine rings is 1. The number of amides is 1. The van der Waals surface area contributed by atoms with E-state index in [0.717, 1.165) is 26.2 Å². The van der Waals surface area contributed by atoms with E-state index in [4.69, 9.17) is 4.74 Å². The number of hydrogen-bond donors (Lipinski definition) is 0. The van der Waals surface area contributed by atoms with E-state index in [2.05, 4.69) is 32.7 Å². The smallest absolute Gasteiger partial charge is 0.257 e. The largest absolute Gasteiger partial charge is 0.496 e. The number of likely N-dealkylation sites (N-methyl/N-ethyl adjacent to an activating group) is 1. The summed E-state index contributed by atoms with van der Waals surface area (Å²) in [6.45, 7) is 9.87. The lowest BCUT2D eigenvalue weighted by atomic mass is 9.86. The highest BCUT2D eigenvalue weighted by molar-refractivity contribution is 5.97. The highest BCUT2D eigenvalue weighted by Crippen LogP contribution is 2.29. The molecule has 0 saturated carbocycles. The van der Waals surface area contributed by atoms with Crippen molar-refractivity contribution in [1.29, 1.82) is 0 Å². The first-order valence-corrected chi connectivity index (χ1v) is 7.49. The Labute approximate surface area is 127 Å². The molecule has 0 bridgehead atoms. The predicted octanol–water partition coefficient (Wildman–Crippen LogP) is 2.38. The Morgan fingerprint density at radius 2 is 1.76 bits per heavy atom. The van der Waals surface area contributed by atoms with Gasteiger partial charge in [-0.1, -0.05) is 26.8 Å². The molecule has 1 amide bonds. The van der Waals surface area contributed by atoms with Gasteiger partial charge in [0.15, 0.2) is 0 Å². The van der Waals surface area contributed by atoms with E-state index >= 15 is 0 Å². The highest BCUT2D eigenvalue weighted by atomic mass is 16.5. The maximum absolute atomic E-state index is 12.7. The number of carbonyl (C=O) groups is 1. The van der Waals surface area contributed by atoms with Crippen LogP contribution in [0.3, 0.4) is 0 Å². The fourth-order valence-corrected chi connectivity index (χ4v) is 2.51. The second kappa shape index (κ2) is 6.06. The summed E-state index contributed by atoms with van der Waals surface area (Å²) in [6.07, 6.45) is 0. The molecule has 0 radical (unpaired) electrons. The number of benzene rings is 1. The van der Waals surface area contributed by atoms with Gasteiger partial charge in [-0.2, -0.15) is 0 Å². The molecule has 1 saturated heterocycles. The van der Waals surface area contributed by atoms with Crippen LogP contribution in [0.15, 0.2) is 18.2 Å². The lowest BCUT2D eigenvalue weighted by Crippen LogP contribution is -2.47. The maximum Gasteiger partial charge on any atom is 0.257 e. The summed E-state index contributed by atoms with van der Waals surface area (Å²) in [4.78, 5) is 16.8. The van der Waals surface area contributed by atoms with E-state index in [1.54, 1.807) is 7.11 Å². The predicted molar refractivity (Wildman–Crippen MR) is 85.1 cm³/mol. The maximum atomic E-state index is 12.7. The van der Waals surface area contributed by atoms with Crippen LogP contribution in [0.2, 0.25) is 0 Å². The molecule has 1 aliphatic heterocycles. The van der Waals surface area contributed by atoms with Crippen LogP contribution in [-0.2, 0) is 5.41 Å². The van der Waals surface area contributed by atoms with Gasteiger partial charge in [0, 0.05) is 26.2 Å². The van der Waals surface area contributed by atoms with E-state index in [-0.39, 0.29) is 11.3 Å². The molecule has 21 heavy (non-hydrogen) atoms. The number of carbonyl (C=O) groups excluding carboxylic acids is 1. The van der Waals surface area contributed by atoms with Crippen molar-refractivity contribution in [3.63, 3.8) is 0 Å². The first-order valence-electron chi connectivity index (χ1n) is 7.49. The first kappa shape index (κ1) is 15.8. The van der Waals surface area contributed by atoms with Crippen molar-refractivity contribution in [2.45, 2.75) is 26.2 Å². The molecule has 1 aliphatic rings. The number of hydrogen-bond acceptors (Lipinski definition) is 3. The molecule has 0 aromatic heterocycles. The summed E-state index contributed by atoms with van der Waals surface area (Å²) in [5, 5.41) is 0. The third-order valence-electron chi connectivity index (χ3n) is 4.09. The quantitative estimate of drug-likeness (QED) is 0.838. The minimum atomic E-state index is 0.0443. The molecule has 4 heteroatoms. The Morgan fingerprint density at radius 1 is 1.14 bits per heavy atom. The van der Waals surface area contributed by atoms with Crippen molar-refractivity contribution in [2.75, 3.05) is 40.3 Å². The van der Waals surface area contributed by atoms with Gasteiger partial charge < -0.3 is 14.5 Å². The molecule has 1 heterocycles. The van der Waals surface area contributed by atoms with Gasteiger partial charge in [-0.05, 0) is 30.2 Å². The van der Waals surface area contributed by atoms with Crippen LogP contribution < -0.4 is 4.74 Å². The molecule has 0 unspecified atom stereocenters. The Morgan fingerprint density at radius 3 is 2.29 bits per heavy atom. The molecule has 0 N–H and O–H groups in total. The average Bonchev–Trinajstić information content (AvgIpc) is 2.45. The fourth-order valence-electron chi connectivity index (χ4n) is 2.51. The van der Waals surface area contributed by atoms with Gasteiger partial charge in [0.1, 0.15) is 5.75 Å². The minimum Gasteiger partial charge on any atom is -0.496 e. The Bertz CT molecular complexity index is 512. The second-order valence-electron chi connectivity index (χ2n) is 6.76. The van der Waals surface area contributed by atoms with Crippen molar-refractivity contribution in [3.8, 4) is 5.75 Å². The zero-order valence-electron chi connectivity index (χ0n) is 13.8. The minimum absolute atomic E-state index is 0.0443. The molecule has 1 fully saturated rings. The molecule has 0 aliphatic carbocycles. The van der Waals surface area contributed by atoms with Gasteiger partial charge in [0.05, 0.1) is 12.7 Å². The van der Waals surface area contributed by atoms with Crippen LogP contribution in [-0.4, -0.2) is 56.0 Å². The van der Waals surface area contributed by atoms with Crippen molar-refractivity contribution >= 4 is 5.91 Å². The van der Waals surface area contributed by atoms with E-state index < -0.39 is 0 Å². The Kier molecular flexibility index (Phi) is 4.57. The summed E-state index contributed by atoms with van der Waals surface area (Å²) >= 11 is 0. The van der Waals surface area contributed by atoms with E-state index in [1.165, 1.54) is 5.56 Å². The Hall–Kier alpha value is -1.55. The number of nitrogens with zero attached hydrogens (tertiary/aromatic N) is 2. The van der Waals surface area contributed by atoms with Crippen molar-refractivity contribution in [1.82, 2.24) is 9.80 Å². The number of methoxy groups -OCH3 is 1. The topological polar surface area (TPSA) is 32.8 Å². The second-order valence-corrected chi connectivity index (χ2v) is 6.76. The van der Waals surface area contributed by atoms with Crippen molar-refractivity contribution in [2.24, 2.45) is 0 Å². The molecule has 4 nitrogen and oxygen atoms in total. The van der Waals surface area contributed by atoms with Crippen LogP contribution in [0.4, 0.5) is 0 Å². The van der Waals surface area contributed by atoms with Crippen LogP contribution in [0.25, 0.3) is 0 Å². The van der Waals surface area contributed by atoms with Crippen LogP contribution in [0.1, 0.15) is 36.7 Å². The highest BCUT2D eigenvalue weighted by Gasteiger charge is 2.24. The van der Waals surface area contributed by atoms with Gasteiger partial charge in [0.2, 0.25) is 0 Å². The van der Waals surface area contributed by atoms with Crippen molar-refractivity contribution < 1.29 is 9.53 Å².